The number of benzene rings is 1. The van der Waals surface area contributed by atoms with Gasteiger partial charge in [-0.05, 0) is 70.1 Å². The van der Waals surface area contributed by atoms with Crippen LogP contribution in [0.3, 0.4) is 0 Å². The number of ether oxygens (including phenoxy) is 4. The average molecular weight is 465 g/mol. The standard InChI is InChI=1S/C19H27NO4.C6H13NO2/c1-13-11-20(19(21)23-3)12-16(13)14-8-9-17(22-2)18(10-14)24-15-6-4-5-7-15;1-6(2,3)9-5(8)7-4/h8-10,13,15-16H,4-7,11-12H2,1-3H3;1-4H3,(H,7,8). The van der Waals surface area contributed by atoms with Crippen molar-refractivity contribution < 1.29 is 28.5 Å². The number of nitrogens with zero attached hydrogens (tertiary/aromatic N) is 1. The SMILES string of the molecule is CNC(=O)OC(C)(C)C.COC(=O)N1CC(C)C(c2ccc(OC)c(OC3CCCC3)c2)C1. The van der Waals surface area contributed by atoms with E-state index in [0.29, 0.717) is 24.5 Å². The lowest BCUT2D eigenvalue weighted by Gasteiger charge is -2.20. The molecule has 1 aromatic carbocycles. The van der Waals surface area contributed by atoms with Crippen molar-refractivity contribution in [1.82, 2.24) is 10.2 Å². The fourth-order valence-electron chi connectivity index (χ4n) is 4.21. The van der Waals surface area contributed by atoms with Crippen molar-refractivity contribution >= 4 is 12.2 Å². The summed E-state index contributed by atoms with van der Waals surface area (Å²) in [6.45, 7) is 9.05. The number of alkyl carbamates (subject to hydrolysis) is 1. The van der Waals surface area contributed by atoms with Gasteiger partial charge in [0.25, 0.3) is 0 Å². The monoisotopic (exact) mass is 464 g/mol. The minimum absolute atomic E-state index is 0.250. The fraction of sp³-hybridized carbons (Fsp3) is 0.680. The van der Waals surface area contributed by atoms with Crippen LogP contribution in [0.25, 0.3) is 0 Å². The Morgan fingerprint density at radius 2 is 1.73 bits per heavy atom. The number of amides is 2. The topological polar surface area (TPSA) is 86.3 Å². The van der Waals surface area contributed by atoms with Crippen molar-refractivity contribution in [3.63, 3.8) is 0 Å². The average Bonchev–Trinajstić information content (AvgIpc) is 3.42. The van der Waals surface area contributed by atoms with Gasteiger partial charge in [-0.15, -0.1) is 0 Å². The van der Waals surface area contributed by atoms with Gasteiger partial charge < -0.3 is 29.2 Å². The van der Waals surface area contributed by atoms with Crippen molar-refractivity contribution in [3.05, 3.63) is 23.8 Å². The molecule has 2 aliphatic rings. The van der Waals surface area contributed by atoms with Gasteiger partial charge in [-0.3, -0.25) is 0 Å². The lowest BCUT2D eigenvalue weighted by Crippen LogP contribution is -2.30. The van der Waals surface area contributed by atoms with Crippen LogP contribution in [-0.2, 0) is 9.47 Å². The highest BCUT2D eigenvalue weighted by Gasteiger charge is 2.34. The maximum absolute atomic E-state index is 11.8. The van der Waals surface area contributed by atoms with E-state index in [1.165, 1.54) is 32.6 Å². The first kappa shape index (κ1) is 26.6. The summed E-state index contributed by atoms with van der Waals surface area (Å²) in [5, 5.41) is 2.36. The Bertz CT molecular complexity index is 786. The molecule has 2 atom stereocenters. The van der Waals surface area contributed by atoms with Crippen LogP contribution in [0.2, 0.25) is 0 Å². The van der Waals surface area contributed by atoms with E-state index in [1.54, 1.807) is 12.0 Å². The largest absolute Gasteiger partial charge is 0.493 e. The van der Waals surface area contributed by atoms with Gasteiger partial charge in [0.2, 0.25) is 0 Å². The summed E-state index contributed by atoms with van der Waals surface area (Å²) in [5.74, 6) is 2.28. The van der Waals surface area contributed by atoms with Crippen molar-refractivity contribution in [2.75, 3.05) is 34.4 Å². The highest BCUT2D eigenvalue weighted by atomic mass is 16.6. The van der Waals surface area contributed by atoms with Crippen LogP contribution in [0.4, 0.5) is 9.59 Å². The number of methoxy groups -OCH3 is 2. The Balaban J connectivity index is 0.000000365. The third-order valence-corrected chi connectivity index (χ3v) is 5.86. The van der Waals surface area contributed by atoms with Gasteiger partial charge in [0, 0.05) is 26.1 Å². The van der Waals surface area contributed by atoms with Crippen molar-refractivity contribution in [1.29, 1.82) is 0 Å². The number of carbonyl (C=O) groups is 2. The molecule has 1 saturated carbocycles. The van der Waals surface area contributed by atoms with Crippen LogP contribution in [0.5, 0.6) is 11.5 Å². The van der Waals surface area contributed by atoms with Crippen molar-refractivity contribution in [3.8, 4) is 11.5 Å². The summed E-state index contributed by atoms with van der Waals surface area (Å²) in [5.41, 5.74) is 0.808. The maximum Gasteiger partial charge on any atom is 0.409 e. The van der Waals surface area contributed by atoms with Gasteiger partial charge in [0.15, 0.2) is 11.5 Å². The molecule has 1 heterocycles. The summed E-state index contributed by atoms with van der Waals surface area (Å²) >= 11 is 0. The second-order valence-electron chi connectivity index (χ2n) is 9.65. The van der Waals surface area contributed by atoms with E-state index in [9.17, 15) is 9.59 Å². The molecule has 33 heavy (non-hydrogen) atoms. The zero-order valence-electron chi connectivity index (χ0n) is 21.1. The molecule has 2 fully saturated rings. The number of hydrogen-bond donors (Lipinski definition) is 1. The molecule has 1 aliphatic heterocycles. The van der Waals surface area contributed by atoms with Crippen LogP contribution in [0, 0.1) is 5.92 Å². The molecule has 0 aromatic heterocycles. The Hall–Kier alpha value is -2.64. The van der Waals surface area contributed by atoms with E-state index < -0.39 is 0 Å². The van der Waals surface area contributed by atoms with E-state index in [2.05, 4.69) is 24.4 Å². The Morgan fingerprint density at radius 3 is 2.24 bits per heavy atom. The lowest BCUT2D eigenvalue weighted by atomic mass is 9.90. The minimum atomic E-state index is -0.389. The van der Waals surface area contributed by atoms with E-state index in [1.807, 2.05) is 26.8 Å². The molecule has 1 aliphatic carbocycles. The van der Waals surface area contributed by atoms with Gasteiger partial charge in [-0.2, -0.15) is 0 Å². The molecule has 1 aromatic rings. The molecule has 1 saturated heterocycles. The molecule has 3 rings (SSSR count). The Morgan fingerprint density at radius 1 is 1.06 bits per heavy atom. The summed E-state index contributed by atoms with van der Waals surface area (Å²) < 4.78 is 21.4. The zero-order valence-corrected chi connectivity index (χ0v) is 21.1. The summed E-state index contributed by atoms with van der Waals surface area (Å²) in [7, 11) is 4.64. The zero-order chi connectivity index (χ0) is 24.6. The summed E-state index contributed by atoms with van der Waals surface area (Å²) in [4.78, 5) is 24.1. The van der Waals surface area contributed by atoms with Gasteiger partial charge in [0.1, 0.15) is 5.60 Å². The minimum Gasteiger partial charge on any atom is -0.493 e. The first-order valence-electron chi connectivity index (χ1n) is 11.7. The second kappa shape index (κ2) is 12.0. The highest BCUT2D eigenvalue weighted by Crippen LogP contribution is 2.38. The molecule has 2 unspecified atom stereocenters. The number of likely N-dealkylation sites (tertiary alicyclic amines) is 1. The lowest BCUT2D eigenvalue weighted by molar-refractivity contribution is 0.0541. The van der Waals surface area contributed by atoms with Gasteiger partial charge in [-0.25, -0.2) is 9.59 Å². The summed E-state index contributed by atoms with van der Waals surface area (Å²) in [6.07, 6.45) is 4.36. The maximum atomic E-state index is 11.8. The third kappa shape index (κ3) is 8.02. The molecule has 1 N–H and O–H groups in total. The van der Waals surface area contributed by atoms with E-state index in [-0.39, 0.29) is 17.8 Å². The van der Waals surface area contributed by atoms with Gasteiger partial charge in [0.05, 0.1) is 20.3 Å². The summed E-state index contributed by atoms with van der Waals surface area (Å²) in [6, 6.07) is 6.16. The van der Waals surface area contributed by atoms with E-state index in [4.69, 9.17) is 18.9 Å². The van der Waals surface area contributed by atoms with Crippen LogP contribution < -0.4 is 14.8 Å². The van der Waals surface area contributed by atoms with Crippen LogP contribution in [0.1, 0.15) is 64.9 Å². The molecule has 0 bridgehead atoms. The fourth-order valence-corrected chi connectivity index (χ4v) is 4.21. The number of carbonyl (C=O) groups excluding carboxylic acids is 2. The first-order chi connectivity index (χ1) is 15.6. The number of rotatable bonds is 4. The first-order valence-corrected chi connectivity index (χ1v) is 11.7. The molecule has 0 spiro atoms. The van der Waals surface area contributed by atoms with Crippen molar-refractivity contribution in [2.45, 2.75) is 71.0 Å². The Kier molecular flexibility index (Phi) is 9.68. The second-order valence-corrected chi connectivity index (χ2v) is 9.65. The quantitative estimate of drug-likeness (QED) is 0.678. The van der Waals surface area contributed by atoms with Crippen LogP contribution >= 0.6 is 0 Å². The normalized spacial score (nSPS) is 20.5. The molecule has 2 amide bonds. The van der Waals surface area contributed by atoms with E-state index >= 15 is 0 Å². The number of hydrogen-bond acceptors (Lipinski definition) is 6. The number of nitrogens with one attached hydrogen (secondary N) is 1. The predicted molar refractivity (Wildman–Crippen MR) is 127 cm³/mol. The molecule has 0 radical (unpaired) electrons. The Labute approximate surface area is 197 Å². The van der Waals surface area contributed by atoms with Crippen LogP contribution in [0.15, 0.2) is 18.2 Å². The van der Waals surface area contributed by atoms with Gasteiger partial charge in [-0.1, -0.05) is 13.0 Å². The molecular formula is C25H40N2O6. The van der Waals surface area contributed by atoms with Crippen LogP contribution in [-0.4, -0.2) is 63.1 Å². The van der Waals surface area contributed by atoms with Gasteiger partial charge >= 0.3 is 12.2 Å². The molecule has 8 nitrogen and oxygen atoms in total. The highest BCUT2D eigenvalue weighted by molar-refractivity contribution is 5.68. The van der Waals surface area contributed by atoms with E-state index in [0.717, 1.165) is 30.9 Å². The molecule has 186 valence electrons. The molecular weight excluding hydrogens is 424 g/mol. The third-order valence-electron chi connectivity index (χ3n) is 5.86. The van der Waals surface area contributed by atoms with Crippen molar-refractivity contribution in [2.24, 2.45) is 5.92 Å². The smallest absolute Gasteiger partial charge is 0.409 e. The molecule has 8 heteroatoms. The predicted octanol–water partition coefficient (Wildman–Crippen LogP) is 4.96.